The van der Waals surface area contributed by atoms with E-state index < -0.39 is 63.5 Å². The van der Waals surface area contributed by atoms with Gasteiger partial charge in [-0.1, -0.05) is 41.0 Å². The number of phenolic OH excluding ortho intramolecular Hbond substituents is 7. The molecule has 4 aromatic carbocycles. The van der Waals surface area contributed by atoms with Crippen LogP contribution < -0.4 is 9.47 Å². The van der Waals surface area contributed by atoms with Gasteiger partial charge in [-0.05, 0) is 77.8 Å². The number of fused-ring (bicyclic) bond motifs is 4. The summed E-state index contributed by atoms with van der Waals surface area (Å²) in [6, 6.07) is 11.7. The van der Waals surface area contributed by atoms with Gasteiger partial charge in [0.25, 0.3) is 5.79 Å². The fourth-order valence-electron chi connectivity index (χ4n) is 8.33. The maximum atomic E-state index is 14.9. The molecule has 0 aromatic heterocycles. The number of ether oxygens (including phenoxy) is 2. The largest absolute Gasteiger partial charge is 0.508 e. The molecule has 12 heteroatoms. The number of benzene rings is 4. The minimum atomic E-state index is -2.45. The van der Waals surface area contributed by atoms with Crippen LogP contribution in [0.5, 0.6) is 51.7 Å². The molecule has 5 atom stereocenters. The van der Waals surface area contributed by atoms with E-state index in [-0.39, 0.29) is 76.0 Å². The topological polar surface area (TPSA) is 214 Å². The molecule has 1 aliphatic carbocycles. The highest BCUT2D eigenvalue weighted by molar-refractivity contribution is 6.10. The highest BCUT2D eigenvalue weighted by atomic mass is 16.7. The van der Waals surface area contributed by atoms with Crippen LogP contribution in [0, 0.1) is 5.92 Å². The number of Topliss-reactive ketones (excluding diaryl/α,β-unsaturated/α-hetero) is 2. The molecule has 2 heterocycles. The maximum Gasteiger partial charge on any atom is 0.286 e. The van der Waals surface area contributed by atoms with Crippen LogP contribution in [0.4, 0.5) is 0 Å². The molecule has 296 valence electrons. The van der Waals surface area contributed by atoms with Gasteiger partial charge in [-0.3, -0.25) is 9.59 Å². The summed E-state index contributed by atoms with van der Waals surface area (Å²) in [7, 11) is 0. The molecule has 2 aliphatic heterocycles. The zero-order valence-corrected chi connectivity index (χ0v) is 32.0. The van der Waals surface area contributed by atoms with Crippen molar-refractivity contribution in [3.63, 3.8) is 0 Å². The number of phenols is 7. The number of hydrogen-bond acceptors (Lipinski definition) is 12. The van der Waals surface area contributed by atoms with E-state index in [9.17, 15) is 50.4 Å². The molecule has 8 N–H and O–H groups in total. The summed E-state index contributed by atoms with van der Waals surface area (Å²) < 4.78 is 12.3. The normalized spacial score (nSPS) is 23.2. The smallest absolute Gasteiger partial charge is 0.286 e. The van der Waals surface area contributed by atoms with Crippen LogP contribution in [-0.4, -0.2) is 58.0 Å². The molecule has 57 heavy (non-hydrogen) atoms. The highest BCUT2D eigenvalue weighted by Crippen LogP contribution is 2.60. The molecule has 0 spiro atoms. The molecule has 0 bridgehead atoms. The van der Waals surface area contributed by atoms with Crippen LogP contribution in [0.1, 0.15) is 102 Å². The van der Waals surface area contributed by atoms with E-state index in [1.807, 2.05) is 13.8 Å². The van der Waals surface area contributed by atoms with Crippen molar-refractivity contribution >= 4 is 11.6 Å². The van der Waals surface area contributed by atoms with Gasteiger partial charge in [-0.15, -0.1) is 0 Å². The van der Waals surface area contributed by atoms with Crippen LogP contribution >= 0.6 is 0 Å². The Labute approximate surface area is 328 Å². The Kier molecular flexibility index (Phi) is 9.52. The Hall–Kier alpha value is -6.40. The highest BCUT2D eigenvalue weighted by Gasteiger charge is 2.70. The van der Waals surface area contributed by atoms with E-state index in [4.69, 9.17) is 9.47 Å². The molecule has 0 saturated carbocycles. The van der Waals surface area contributed by atoms with Gasteiger partial charge < -0.3 is 50.3 Å². The van der Waals surface area contributed by atoms with Gasteiger partial charge in [-0.2, -0.15) is 0 Å². The first-order valence-electron chi connectivity index (χ1n) is 18.5. The molecule has 0 amide bonds. The predicted molar refractivity (Wildman–Crippen MR) is 208 cm³/mol. The lowest BCUT2D eigenvalue weighted by molar-refractivity contribution is -0.221. The third-order valence-electron chi connectivity index (χ3n) is 11.3. The number of aliphatic hydroxyl groups is 1. The average molecular weight is 777 g/mol. The second-order valence-electron chi connectivity index (χ2n) is 15.6. The van der Waals surface area contributed by atoms with Crippen LogP contribution in [0.3, 0.4) is 0 Å². The summed E-state index contributed by atoms with van der Waals surface area (Å²) in [6.07, 6.45) is 4.97. The van der Waals surface area contributed by atoms with Crippen LogP contribution in [0.15, 0.2) is 89.5 Å². The van der Waals surface area contributed by atoms with Gasteiger partial charge in [0.05, 0.1) is 11.1 Å². The Morgan fingerprint density at radius 3 is 2.16 bits per heavy atom. The number of hydrogen-bond donors (Lipinski definition) is 8. The molecule has 0 saturated heterocycles. The van der Waals surface area contributed by atoms with E-state index in [0.717, 1.165) is 17.2 Å². The monoisotopic (exact) mass is 776 g/mol. The molecular weight excluding hydrogens is 732 g/mol. The van der Waals surface area contributed by atoms with Gasteiger partial charge in [-0.25, -0.2) is 0 Å². The van der Waals surface area contributed by atoms with Crippen molar-refractivity contribution in [2.45, 2.75) is 77.1 Å². The van der Waals surface area contributed by atoms with Crippen LogP contribution in [0.25, 0.3) is 0 Å². The number of carbonyl (C=O) groups is 2. The van der Waals surface area contributed by atoms with Crippen molar-refractivity contribution in [1.29, 1.82) is 0 Å². The van der Waals surface area contributed by atoms with E-state index in [1.54, 1.807) is 39.0 Å². The molecule has 12 nitrogen and oxygen atoms in total. The van der Waals surface area contributed by atoms with Crippen molar-refractivity contribution in [1.82, 2.24) is 0 Å². The summed E-state index contributed by atoms with van der Waals surface area (Å²) in [6.45, 7) is 9.02. The summed E-state index contributed by atoms with van der Waals surface area (Å²) in [5.74, 6) is -9.82. The van der Waals surface area contributed by atoms with Gasteiger partial charge in [0, 0.05) is 59.1 Å². The minimum Gasteiger partial charge on any atom is -0.508 e. The fraction of sp³-hybridized carbons (Fsp3) is 0.289. The lowest BCUT2D eigenvalue weighted by Gasteiger charge is -2.43. The van der Waals surface area contributed by atoms with E-state index in [2.05, 4.69) is 0 Å². The summed E-state index contributed by atoms with van der Waals surface area (Å²) in [5, 5.41) is 89.5. The molecule has 4 aromatic rings. The first-order chi connectivity index (χ1) is 26.9. The minimum absolute atomic E-state index is 0.0255. The lowest BCUT2D eigenvalue weighted by Crippen LogP contribution is -2.62. The van der Waals surface area contributed by atoms with Crippen LogP contribution in [-0.2, 0) is 12.2 Å². The summed E-state index contributed by atoms with van der Waals surface area (Å²) in [5.41, 5.74) is -0.0812. The zero-order chi connectivity index (χ0) is 41.3. The predicted octanol–water partition coefficient (Wildman–Crippen LogP) is 7.76. The van der Waals surface area contributed by atoms with Crippen molar-refractivity contribution in [2.75, 3.05) is 0 Å². The molecule has 3 aliphatic rings. The summed E-state index contributed by atoms with van der Waals surface area (Å²) >= 11 is 0. The Balaban J connectivity index is 1.41. The quantitative estimate of drug-likeness (QED) is 0.0637. The SMILES string of the molecule is CC(C)=CCc1c(O)ccc(C(=O)[C@@H]2C[C@@H](c3ccc(O)cc3O)C(C)=C[C@H]2c2c(O)cc3c(c2O)C(=O)[C@@]2(CC=C(C)C)Oc4cc(O)ccc4[C@@]2(O)O3)c1O. The molecule has 7 rings (SSSR count). The van der Waals surface area contributed by atoms with Gasteiger partial charge >= 0.3 is 0 Å². The number of rotatable bonds is 8. The third-order valence-corrected chi connectivity index (χ3v) is 11.3. The number of allylic oxidation sites excluding steroid dienone is 5. The number of ketones is 2. The van der Waals surface area contributed by atoms with Gasteiger partial charge in [0.15, 0.2) is 5.78 Å². The van der Waals surface area contributed by atoms with Gasteiger partial charge in [0.2, 0.25) is 11.4 Å². The number of carbonyl (C=O) groups excluding carboxylic acids is 2. The average Bonchev–Trinajstić information content (AvgIpc) is 3.38. The maximum absolute atomic E-state index is 14.9. The molecular formula is C45H44O12. The molecule has 0 unspecified atom stereocenters. The van der Waals surface area contributed by atoms with Crippen molar-refractivity contribution in [2.24, 2.45) is 5.92 Å². The Bertz CT molecular complexity index is 2450. The molecule has 0 radical (unpaired) electrons. The first kappa shape index (κ1) is 38.9. The van der Waals surface area contributed by atoms with Crippen molar-refractivity contribution in [3.8, 4) is 51.7 Å². The van der Waals surface area contributed by atoms with E-state index >= 15 is 0 Å². The fourth-order valence-corrected chi connectivity index (χ4v) is 8.33. The van der Waals surface area contributed by atoms with E-state index in [0.29, 0.717) is 11.1 Å². The second-order valence-corrected chi connectivity index (χ2v) is 15.6. The zero-order valence-electron chi connectivity index (χ0n) is 32.0. The van der Waals surface area contributed by atoms with Crippen molar-refractivity contribution < 1.29 is 59.9 Å². The standard InChI is InChI=1S/C45H44O12/c1-21(2)6-9-27-33(48)13-11-28(40(27)51)41(52)31-19-29(26-10-7-24(46)17-34(26)49)23(5)16-30(31)38-35(50)20-37-39(42(38)53)43(54)44(15-14-22(3)4)45(55,57-37)32-12-8-25(47)18-36(32)56-44/h6-8,10-14,16-18,20,29-31,46-51,53,55H,9,15,19H2,1-5H3/t29-,30-,31-,44-,45-/m1/s1. The Morgan fingerprint density at radius 2 is 1.47 bits per heavy atom. The first-order valence-corrected chi connectivity index (χ1v) is 18.5. The van der Waals surface area contributed by atoms with E-state index in [1.165, 1.54) is 48.5 Å². The van der Waals surface area contributed by atoms with Crippen molar-refractivity contribution in [3.05, 3.63) is 123 Å². The molecule has 0 fully saturated rings. The second kappa shape index (κ2) is 14.0. The van der Waals surface area contributed by atoms with Crippen LogP contribution in [0.2, 0.25) is 0 Å². The lowest BCUT2D eigenvalue weighted by atomic mass is 9.67. The Morgan fingerprint density at radius 1 is 0.789 bits per heavy atom. The third kappa shape index (κ3) is 6.20. The summed E-state index contributed by atoms with van der Waals surface area (Å²) in [4.78, 5) is 29.7. The number of aromatic hydroxyl groups is 7. The van der Waals surface area contributed by atoms with Gasteiger partial charge in [0.1, 0.15) is 57.3 Å².